The van der Waals surface area contributed by atoms with Gasteiger partial charge < -0.3 is 15.9 Å². The Morgan fingerprint density at radius 3 is 2.75 bits per heavy atom. The summed E-state index contributed by atoms with van der Waals surface area (Å²) in [6.45, 7) is 0. The molecule has 0 aliphatic heterocycles. The Hall–Kier alpha value is -2.92. The van der Waals surface area contributed by atoms with Crippen molar-refractivity contribution in [1.29, 1.82) is 5.26 Å². The molecule has 0 atom stereocenters. The first-order valence-electron chi connectivity index (χ1n) is 5.28. The van der Waals surface area contributed by atoms with Gasteiger partial charge in [0.15, 0.2) is 17.2 Å². The molecule has 0 fully saturated rings. The minimum absolute atomic E-state index is 0.0302. The zero-order valence-corrected chi connectivity index (χ0v) is 10.8. The third-order valence-electron chi connectivity index (χ3n) is 2.51. The van der Waals surface area contributed by atoms with Crippen LogP contribution < -0.4 is 5.73 Å². The number of rotatable bonds is 3. The van der Waals surface area contributed by atoms with Crippen LogP contribution in [0.2, 0.25) is 0 Å². The highest BCUT2D eigenvalue weighted by Gasteiger charge is 2.15. The van der Waals surface area contributed by atoms with Crippen molar-refractivity contribution in [2.24, 2.45) is 10.9 Å². The third-order valence-corrected chi connectivity index (χ3v) is 3.30. The van der Waals surface area contributed by atoms with E-state index in [2.05, 4.69) is 10.2 Å². The summed E-state index contributed by atoms with van der Waals surface area (Å²) in [6, 6.07) is 4.25. The van der Waals surface area contributed by atoms with Crippen LogP contribution in [-0.4, -0.2) is 15.2 Å². The van der Waals surface area contributed by atoms with Crippen LogP contribution in [0, 0.1) is 16.2 Å². The van der Waals surface area contributed by atoms with E-state index in [1.54, 1.807) is 5.38 Å². The number of nitrogens with zero attached hydrogens (tertiary/aromatic N) is 3. The largest absolute Gasteiger partial charge is 0.504 e. The molecular weight excluding hydrogens is 280 g/mol. The summed E-state index contributed by atoms with van der Waals surface area (Å²) in [4.78, 5) is 14.5. The molecule has 2 aromatic rings. The summed E-state index contributed by atoms with van der Waals surface area (Å²) in [5.74, 6) is -1.18. The van der Waals surface area contributed by atoms with Crippen LogP contribution >= 0.6 is 11.3 Å². The number of hydrogen-bond acceptors (Lipinski definition) is 8. The molecule has 0 saturated carbocycles. The molecule has 0 unspecified atom stereocenters. The number of phenols is 2. The van der Waals surface area contributed by atoms with Gasteiger partial charge in [-0.15, -0.1) is 16.2 Å². The van der Waals surface area contributed by atoms with E-state index in [4.69, 9.17) is 11.0 Å². The molecule has 7 nitrogen and oxygen atoms in total. The Morgan fingerprint density at radius 1 is 1.45 bits per heavy atom. The molecule has 4 N–H and O–H groups in total. The van der Waals surface area contributed by atoms with Gasteiger partial charge in [-0.1, -0.05) is 0 Å². The maximum atomic E-state index is 10.6. The van der Waals surface area contributed by atoms with Crippen LogP contribution in [0.3, 0.4) is 0 Å². The number of nitrogens with two attached hydrogens (primary N) is 1. The number of allylic oxidation sites excluding steroid dienone is 1. The van der Waals surface area contributed by atoms with E-state index in [-0.39, 0.29) is 22.5 Å². The Balaban J connectivity index is 2.64. The summed E-state index contributed by atoms with van der Waals surface area (Å²) in [5, 5.41) is 32.8. The van der Waals surface area contributed by atoms with E-state index in [0.29, 0.717) is 5.01 Å². The lowest BCUT2D eigenvalue weighted by Crippen LogP contribution is -2.00. The highest BCUT2D eigenvalue weighted by atomic mass is 32.1. The van der Waals surface area contributed by atoms with Gasteiger partial charge >= 0.3 is 0 Å². The van der Waals surface area contributed by atoms with Crippen molar-refractivity contribution >= 4 is 28.3 Å². The molecule has 0 spiro atoms. The normalized spacial score (nSPS) is 11.6. The number of thiazole rings is 1. The number of benzene rings is 1. The fraction of sp³-hybridized carbons (Fsp3) is 0. The SMILES string of the molecule is N#C/C(=C(/N)c1cc(O)c(O)c(N=O)c1)c1nccs1. The Labute approximate surface area is 117 Å². The first-order chi connectivity index (χ1) is 9.58. The van der Waals surface area contributed by atoms with Crippen LogP contribution in [0.1, 0.15) is 10.6 Å². The minimum Gasteiger partial charge on any atom is -0.504 e. The Bertz CT molecular complexity index is 732. The number of nitroso groups, excluding NO2 is 1. The van der Waals surface area contributed by atoms with Gasteiger partial charge in [0.05, 0.1) is 5.70 Å². The third kappa shape index (κ3) is 2.30. The van der Waals surface area contributed by atoms with E-state index in [9.17, 15) is 15.1 Å². The summed E-state index contributed by atoms with van der Waals surface area (Å²) >= 11 is 1.23. The highest BCUT2D eigenvalue weighted by Crippen LogP contribution is 2.38. The number of nitriles is 1. The fourth-order valence-corrected chi connectivity index (χ4v) is 2.19. The molecule has 0 amide bonds. The van der Waals surface area contributed by atoms with Gasteiger partial charge in [0.25, 0.3) is 0 Å². The molecule has 0 saturated heterocycles. The van der Waals surface area contributed by atoms with Gasteiger partial charge in [-0.3, -0.25) is 0 Å². The molecule has 0 bridgehead atoms. The predicted octanol–water partition coefficient (Wildman–Crippen LogP) is 2.30. The standard InChI is InChI=1S/C12H8N4O3S/c13-5-7(12-15-1-2-20-12)10(14)6-3-8(16-19)11(18)9(17)4-6/h1-4,17-18H,14H2/b10-7-. The molecule has 100 valence electrons. The molecule has 8 heteroatoms. The van der Waals surface area contributed by atoms with Crippen molar-refractivity contribution in [1.82, 2.24) is 4.98 Å². The summed E-state index contributed by atoms with van der Waals surface area (Å²) in [6.07, 6.45) is 1.53. The number of aromatic nitrogens is 1. The van der Waals surface area contributed by atoms with Crippen molar-refractivity contribution in [3.05, 3.63) is 39.2 Å². The first kappa shape index (κ1) is 13.5. The highest BCUT2D eigenvalue weighted by molar-refractivity contribution is 7.10. The average Bonchev–Trinajstić information content (AvgIpc) is 2.96. The van der Waals surface area contributed by atoms with Crippen LogP contribution in [0.5, 0.6) is 11.5 Å². The predicted molar refractivity (Wildman–Crippen MR) is 74.0 cm³/mol. The van der Waals surface area contributed by atoms with E-state index in [0.717, 1.165) is 6.07 Å². The lowest BCUT2D eigenvalue weighted by Gasteiger charge is -2.07. The zero-order valence-electron chi connectivity index (χ0n) is 9.94. The van der Waals surface area contributed by atoms with Gasteiger partial charge in [0.2, 0.25) is 0 Å². The van der Waals surface area contributed by atoms with Gasteiger partial charge in [0.1, 0.15) is 16.6 Å². The molecule has 1 aromatic carbocycles. The van der Waals surface area contributed by atoms with E-state index in [1.165, 1.54) is 23.6 Å². The zero-order chi connectivity index (χ0) is 14.7. The van der Waals surface area contributed by atoms with Crippen molar-refractivity contribution < 1.29 is 10.2 Å². The topological polar surface area (TPSA) is 133 Å². The molecule has 20 heavy (non-hydrogen) atoms. The second kappa shape index (κ2) is 5.38. The average molecular weight is 288 g/mol. The Kier molecular flexibility index (Phi) is 3.63. The first-order valence-corrected chi connectivity index (χ1v) is 6.15. The second-order valence-electron chi connectivity index (χ2n) is 3.69. The van der Waals surface area contributed by atoms with Gasteiger partial charge in [-0.2, -0.15) is 5.26 Å². The lowest BCUT2D eigenvalue weighted by atomic mass is 10.1. The van der Waals surface area contributed by atoms with E-state index in [1.807, 2.05) is 6.07 Å². The molecule has 2 rings (SSSR count). The number of aromatic hydroxyl groups is 2. The van der Waals surface area contributed by atoms with Gasteiger partial charge in [-0.25, -0.2) is 4.98 Å². The summed E-state index contributed by atoms with van der Waals surface area (Å²) in [7, 11) is 0. The molecule has 1 heterocycles. The Morgan fingerprint density at radius 2 is 2.20 bits per heavy atom. The van der Waals surface area contributed by atoms with Crippen molar-refractivity contribution in [3.63, 3.8) is 0 Å². The number of phenolic OH excluding ortho intramolecular Hbond substituents is 2. The molecule has 0 aliphatic rings. The number of hydrogen-bond donors (Lipinski definition) is 3. The van der Waals surface area contributed by atoms with Crippen LogP contribution in [0.15, 0.2) is 28.9 Å². The minimum atomic E-state index is -0.635. The maximum absolute atomic E-state index is 10.6. The van der Waals surface area contributed by atoms with Crippen molar-refractivity contribution in [3.8, 4) is 17.6 Å². The van der Waals surface area contributed by atoms with Crippen molar-refractivity contribution in [2.45, 2.75) is 0 Å². The van der Waals surface area contributed by atoms with Crippen LogP contribution in [0.4, 0.5) is 5.69 Å². The van der Waals surface area contributed by atoms with E-state index < -0.39 is 11.5 Å². The van der Waals surface area contributed by atoms with Gasteiger partial charge in [-0.05, 0) is 17.3 Å². The maximum Gasteiger partial charge on any atom is 0.187 e. The summed E-state index contributed by atoms with van der Waals surface area (Å²) in [5.41, 5.74) is 5.85. The second-order valence-corrected chi connectivity index (χ2v) is 4.59. The molecular formula is C12H8N4O3S. The monoisotopic (exact) mass is 288 g/mol. The fourth-order valence-electron chi connectivity index (χ4n) is 1.54. The molecule has 1 aromatic heterocycles. The van der Waals surface area contributed by atoms with Gasteiger partial charge in [0, 0.05) is 17.1 Å². The molecule has 0 aliphatic carbocycles. The summed E-state index contributed by atoms with van der Waals surface area (Å²) < 4.78 is 0. The smallest absolute Gasteiger partial charge is 0.187 e. The van der Waals surface area contributed by atoms with Crippen molar-refractivity contribution in [2.75, 3.05) is 0 Å². The quantitative estimate of drug-likeness (QED) is 0.451. The molecule has 0 radical (unpaired) electrons. The van der Waals surface area contributed by atoms with Crippen LogP contribution in [-0.2, 0) is 0 Å². The van der Waals surface area contributed by atoms with E-state index >= 15 is 0 Å². The van der Waals surface area contributed by atoms with Crippen LogP contribution in [0.25, 0.3) is 11.3 Å². The lowest BCUT2D eigenvalue weighted by molar-refractivity contribution is 0.405.